The Morgan fingerprint density at radius 3 is 2.53 bits per heavy atom. The van der Waals surface area contributed by atoms with Gasteiger partial charge in [-0.2, -0.15) is 0 Å². The summed E-state index contributed by atoms with van der Waals surface area (Å²) in [7, 11) is 0. The summed E-state index contributed by atoms with van der Waals surface area (Å²) >= 11 is 3.82. The first-order valence-electron chi connectivity index (χ1n) is 5.57. The maximum atomic E-state index is 10.7. The third kappa shape index (κ3) is 3.73. The monoisotopic (exact) mass is 293 g/mol. The minimum absolute atomic E-state index is 0.648. The summed E-state index contributed by atoms with van der Waals surface area (Å²) in [6.07, 6.45) is 0. The lowest BCUT2D eigenvalue weighted by molar-refractivity contribution is 0.578. The van der Waals surface area contributed by atoms with Gasteiger partial charge in [-0.1, -0.05) is 35.4 Å². The van der Waals surface area contributed by atoms with Gasteiger partial charge in [-0.05, 0) is 36.8 Å². The molecule has 0 fully saturated rings. The lowest BCUT2D eigenvalue weighted by Gasteiger charge is -2.07. The predicted octanol–water partition coefficient (Wildman–Crippen LogP) is 4.20. The van der Waals surface area contributed by atoms with Crippen LogP contribution in [0.1, 0.15) is 5.56 Å². The van der Waals surface area contributed by atoms with Crippen LogP contribution in [-0.2, 0) is 11.1 Å². The quantitative estimate of drug-likeness (QED) is 0.524. The second kappa shape index (κ2) is 6.10. The summed E-state index contributed by atoms with van der Waals surface area (Å²) < 4.78 is 19.4. The van der Waals surface area contributed by atoms with Crippen LogP contribution in [0.5, 0.6) is 0 Å². The molecule has 0 aliphatic rings. The molecule has 1 N–H and O–H groups in total. The van der Waals surface area contributed by atoms with Crippen molar-refractivity contribution in [2.45, 2.75) is 6.92 Å². The molecule has 0 aliphatic heterocycles. The smallest absolute Gasteiger partial charge is 0.198 e. The van der Waals surface area contributed by atoms with Crippen molar-refractivity contribution in [3.63, 3.8) is 0 Å². The maximum absolute atomic E-state index is 10.7. The SMILES string of the molecule is Cc1ccc(N=CS(=O)O)c(-c2ccc(Cl)cc2)c1. The van der Waals surface area contributed by atoms with E-state index in [-0.39, 0.29) is 0 Å². The number of hydrogen-bond donors (Lipinski definition) is 1. The van der Waals surface area contributed by atoms with Gasteiger partial charge >= 0.3 is 0 Å². The van der Waals surface area contributed by atoms with Crippen LogP contribution in [0, 0.1) is 6.92 Å². The van der Waals surface area contributed by atoms with Crippen molar-refractivity contribution >= 4 is 33.9 Å². The molecule has 1 atom stereocenters. The molecule has 0 amide bonds. The zero-order valence-corrected chi connectivity index (χ0v) is 11.8. The third-order valence-electron chi connectivity index (χ3n) is 2.59. The highest BCUT2D eigenvalue weighted by atomic mass is 35.5. The molecule has 2 aromatic rings. The van der Waals surface area contributed by atoms with Crippen molar-refractivity contribution in [1.29, 1.82) is 0 Å². The van der Waals surface area contributed by atoms with E-state index in [1.165, 1.54) is 0 Å². The summed E-state index contributed by atoms with van der Waals surface area (Å²) in [5.74, 6) is 0. The first kappa shape index (κ1) is 13.9. The Balaban J connectivity index is 2.51. The van der Waals surface area contributed by atoms with Gasteiger partial charge < -0.3 is 4.55 Å². The van der Waals surface area contributed by atoms with Gasteiger partial charge in [0.1, 0.15) is 5.55 Å². The second-order valence-corrected chi connectivity index (χ2v) is 5.24. The van der Waals surface area contributed by atoms with E-state index >= 15 is 0 Å². The zero-order chi connectivity index (χ0) is 13.8. The van der Waals surface area contributed by atoms with Gasteiger partial charge in [0.25, 0.3) is 0 Å². The number of rotatable bonds is 3. The molecule has 0 heterocycles. The Morgan fingerprint density at radius 2 is 1.89 bits per heavy atom. The Morgan fingerprint density at radius 1 is 1.21 bits per heavy atom. The van der Waals surface area contributed by atoms with Crippen molar-refractivity contribution < 1.29 is 8.76 Å². The summed E-state index contributed by atoms with van der Waals surface area (Å²) in [5.41, 5.74) is 4.61. The average Bonchev–Trinajstić information content (AvgIpc) is 2.38. The third-order valence-corrected chi connectivity index (χ3v) is 3.13. The van der Waals surface area contributed by atoms with E-state index in [1.54, 1.807) is 12.1 Å². The van der Waals surface area contributed by atoms with Gasteiger partial charge in [0.15, 0.2) is 11.1 Å². The minimum Gasteiger partial charge on any atom is -0.302 e. The molecule has 0 bridgehead atoms. The van der Waals surface area contributed by atoms with Crippen LogP contribution in [0.4, 0.5) is 5.69 Å². The Labute approximate surface area is 119 Å². The summed E-state index contributed by atoms with van der Waals surface area (Å²) in [6, 6.07) is 13.1. The fourth-order valence-electron chi connectivity index (χ4n) is 1.72. The number of hydrogen-bond acceptors (Lipinski definition) is 2. The summed E-state index contributed by atoms with van der Waals surface area (Å²) in [5, 5.41) is 0.665. The summed E-state index contributed by atoms with van der Waals surface area (Å²) in [4.78, 5) is 4.04. The van der Waals surface area contributed by atoms with Gasteiger partial charge in [0, 0.05) is 10.6 Å². The Kier molecular flexibility index (Phi) is 4.47. The number of aliphatic imine (C=N–C) groups is 1. The van der Waals surface area contributed by atoms with Gasteiger partial charge in [0.2, 0.25) is 0 Å². The largest absolute Gasteiger partial charge is 0.302 e. The molecular weight excluding hydrogens is 282 g/mol. The van der Waals surface area contributed by atoms with Crippen molar-refractivity contribution in [2.75, 3.05) is 0 Å². The molecule has 0 saturated heterocycles. The van der Waals surface area contributed by atoms with Crippen molar-refractivity contribution in [1.82, 2.24) is 0 Å². The molecule has 19 heavy (non-hydrogen) atoms. The Hall–Kier alpha value is -1.49. The van der Waals surface area contributed by atoms with Crippen LogP contribution in [0.25, 0.3) is 11.1 Å². The molecule has 2 aromatic carbocycles. The maximum Gasteiger partial charge on any atom is 0.198 e. The normalized spacial score (nSPS) is 12.8. The van der Waals surface area contributed by atoms with Gasteiger partial charge in [-0.25, -0.2) is 9.20 Å². The molecule has 0 spiro atoms. The van der Waals surface area contributed by atoms with Crippen molar-refractivity contribution in [3.8, 4) is 11.1 Å². The van der Waals surface area contributed by atoms with Crippen LogP contribution in [0.15, 0.2) is 47.5 Å². The molecule has 0 aliphatic carbocycles. The molecule has 0 radical (unpaired) electrons. The molecule has 0 saturated carbocycles. The highest BCUT2D eigenvalue weighted by Gasteiger charge is 2.05. The Bertz CT molecular complexity index is 638. The van der Waals surface area contributed by atoms with Crippen LogP contribution >= 0.6 is 11.6 Å². The number of aryl methyl sites for hydroxylation is 1. The van der Waals surface area contributed by atoms with E-state index in [0.29, 0.717) is 10.7 Å². The van der Waals surface area contributed by atoms with E-state index in [1.807, 2.05) is 37.3 Å². The highest BCUT2D eigenvalue weighted by Crippen LogP contribution is 2.31. The molecule has 3 nitrogen and oxygen atoms in total. The van der Waals surface area contributed by atoms with Crippen molar-refractivity contribution in [3.05, 3.63) is 53.1 Å². The molecule has 98 valence electrons. The van der Waals surface area contributed by atoms with Crippen LogP contribution in [0.3, 0.4) is 0 Å². The lowest BCUT2D eigenvalue weighted by Crippen LogP contribution is -1.86. The fourth-order valence-corrected chi connectivity index (χ4v) is 2.05. The highest BCUT2D eigenvalue weighted by molar-refractivity contribution is 7.93. The van der Waals surface area contributed by atoms with E-state index in [9.17, 15) is 4.21 Å². The standard InChI is InChI=1S/C14H12ClNO2S/c1-10-2-7-14(16-9-19(17)18)13(8-10)11-3-5-12(15)6-4-11/h2-9H,1H3,(H,17,18). The van der Waals surface area contributed by atoms with E-state index < -0.39 is 11.1 Å². The van der Waals surface area contributed by atoms with Crippen LogP contribution in [-0.4, -0.2) is 14.3 Å². The van der Waals surface area contributed by atoms with Gasteiger partial charge in [-0.15, -0.1) is 0 Å². The average molecular weight is 294 g/mol. The van der Waals surface area contributed by atoms with Crippen LogP contribution < -0.4 is 0 Å². The molecule has 0 aromatic heterocycles. The zero-order valence-electron chi connectivity index (χ0n) is 10.2. The number of halogens is 1. The molecule has 2 rings (SSSR count). The number of benzene rings is 2. The predicted molar refractivity (Wildman–Crippen MR) is 80.5 cm³/mol. The molecule has 1 unspecified atom stereocenters. The van der Waals surface area contributed by atoms with Crippen LogP contribution in [0.2, 0.25) is 5.02 Å². The minimum atomic E-state index is -2.05. The number of nitrogens with zero attached hydrogens (tertiary/aromatic N) is 1. The summed E-state index contributed by atoms with van der Waals surface area (Å²) in [6.45, 7) is 1.98. The van der Waals surface area contributed by atoms with E-state index in [0.717, 1.165) is 22.2 Å². The molecular formula is C14H12ClNO2S. The second-order valence-electron chi connectivity index (χ2n) is 4.04. The first-order valence-corrected chi connectivity index (χ1v) is 7.11. The van der Waals surface area contributed by atoms with Crippen molar-refractivity contribution in [2.24, 2.45) is 4.99 Å². The lowest BCUT2D eigenvalue weighted by atomic mass is 10.0. The molecule has 5 heteroatoms. The fraction of sp³-hybridized carbons (Fsp3) is 0.0714. The topological polar surface area (TPSA) is 49.7 Å². The van der Waals surface area contributed by atoms with E-state index in [4.69, 9.17) is 16.2 Å². The first-order chi connectivity index (χ1) is 9.06. The van der Waals surface area contributed by atoms with E-state index in [2.05, 4.69) is 4.99 Å². The van der Waals surface area contributed by atoms with Gasteiger partial charge in [0.05, 0.1) is 5.69 Å². The van der Waals surface area contributed by atoms with Gasteiger partial charge in [-0.3, -0.25) is 0 Å².